The lowest BCUT2D eigenvalue weighted by atomic mass is 9.94. The lowest BCUT2D eigenvalue weighted by Crippen LogP contribution is -2.31. The van der Waals surface area contributed by atoms with Crippen LogP contribution < -0.4 is 10.6 Å². The minimum atomic E-state index is -0.178. The van der Waals surface area contributed by atoms with Gasteiger partial charge in [-0.3, -0.25) is 9.89 Å². The van der Waals surface area contributed by atoms with Crippen molar-refractivity contribution in [1.29, 1.82) is 0 Å². The fourth-order valence-corrected chi connectivity index (χ4v) is 5.29. The van der Waals surface area contributed by atoms with E-state index in [4.69, 9.17) is 4.74 Å². The summed E-state index contributed by atoms with van der Waals surface area (Å²) >= 11 is 1.73. The average Bonchev–Trinajstić information content (AvgIpc) is 3.44. The molecular formula is C22H29FN4O2S. The van der Waals surface area contributed by atoms with Gasteiger partial charge in [-0.15, -0.1) is 0 Å². The zero-order valence-electron chi connectivity index (χ0n) is 17.2. The van der Waals surface area contributed by atoms with E-state index in [2.05, 4.69) is 20.8 Å². The van der Waals surface area contributed by atoms with E-state index in [-0.39, 0.29) is 11.9 Å². The number of anilines is 2. The van der Waals surface area contributed by atoms with Crippen LogP contribution >= 0.6 is 11.8 Å². The van der Waals surface area contributed by atoms with Gasteiger partial charge in [-0.2, -0.15) is 16.9 Å². The molecule has 5 rings (SSSR count). The van der Waals surface area contributed by atoms with E-state index < -0.39 is 0 Å². The molecule has 2 fully saturated rings. The van der Waals surface area contributed by atoms with Crippen LogP contribution in [0.5, 0.6) is 0 Å². The summed E-state index contributed by atoms with van der Waals surface area (Å²) in [6.45, 7) is 0.516. The highest BCUT2D eigenvalue weighted by molar-refractivity contribution is 7.98. The molecule has 0 bridgehead atoms. The summed E-state index contributed by atoms with van der Waals surface area (Å²) in [6.07, 6.45) is 6.83. The van der Waals surface area contributed by atoms with Gasteiger partial charge in [0.05, 0.1) is 5.69 Å². The number of benzene rings is 1. The van der Waals surface area contributed by atoms with Crippen molar-refractivity contribution in [3.63, 3.8) is 0 Å². The topological polar surface area (TPSA) is 79.0 Å². The maximum atomic E-state index is 14.5. The van der Waals surface area contributed by atoms with Crippen molar-refractivity contribution in [3.05, 3.63) is 40.8 Å². The summed E-state index contributed by atoms with van der Waals surface area (Å²) in [5, 5.41) is 13.5. The van der Waals surface area contributed by atoms with Crippen LogP contribution in [0.4, 0.5) is 15.9 Å². The lowest BCUT2D eigenvalue weighted by molar-refractivity contribution is -0.133. The monoisotopic (exact) mass is 432 g/mol. The van der Waals surface area contributed by atoms with Crippen molar-refractivity contribution >= 4 is 29.7 Å². The smallest absolute Gasteiger partial charge is 0.293 e. The highest BCUT2D eigenvalue weighted by Gasteiger charge is 2.28. The van der Waals surface area contributed by atoms with Crippen molar-refractivity contribution in [1.82, 2.24) is 15.5 Å². The number of ether oxygens (including phenoxy) is 1. The molecule has 2 aliphatic carbocycles. The van der Waals surface area contributed by atoms with Crippen LogP contribution in [0.2, 0.25) is 0 Å². The van der Waals surface area contributed by atoms with Crippen molar-refractivity contribution in [2.24, 2.45) is 0 Å². The summed E-state index contributed by atoms with van der Waals surface area (Å²) in [5.74, 6) is 2.32. The summed E-state index contributed by atoms with van der Waals surface area (Å²) < 4.78 is 19.6. The number of hydrogen-bond donors (Lipinski definition) is 3. The number of nitrogens with one attached hydrogen (secondary N) is 3. The highest BCUT2D eigenvalue weighted by atomic mass is 32.2. The second-order valence-electron chi connectivity index (χ2n) is 8.17. The number of thioether (sulfide) groups is 1. The molecule has 3 N–H and O–H groups in total. The fraction of sp³-hybridized carbons (Fsp3) is 0.545. The fourth-order valence-electron chi connectivity index (χ4n) is 4.18. The number of rotatable bonds is 6. The number of halogens is 1. The second kappa shape index (κ2) is 9.83. The van der Waals surface area contributed by atoms with Crippen LogP contribution in [0.3, 0.4) is 0 Å². The van der Waals surface area contributed by atoms with Crippen LogP contribution in [0.25, 0.3) is 0 Å². The number of aromatic amines is 1. The zero-order chi connectivity index (χ0) is 20.9. The van der Waals surface area contributed by atoms with E-state index in [1.165, 1.54) is 19.3 Å². The van der Waals surface area contributed by atoms with Gasteiger partial charge in [-0.05, 0) is 50.8 Å². The first-order valence-electron chi connectivity index (χ1n) is 10.6. The zero-order valence-corrected chi connectivity index (χ0v) is 18.1. The van der Waals surface area contributed by atoms with Crippen molar-refractivity contribution in [3.8, 4) is 0 Å². The predicted octanol–water partition coefficient (Wildman–Crippen LogP) is 4.61. The van der Waals surface area contributed by atoms with E-state index in [1.54, 1.807) is 17.8 Å². The standard InChI is InChI=1S/C17H18FN3O2S.C5H11N/c18-17-13-8-24-7-11(13)2-4-14(17)19-16-6-15(20-21-16)10-1-3-12(5-10)23-9-22;1-6-5-3-2-4-5/h2,4,6,9-10,12H,1,3,5,7-8H2,(H2,19,20,21);5-6H,2-4H2,1H3. The molecular weight excluding hydrogens is 403 g/mol. The summed E-state index contributed by atoms with van der Waals surface area (Å²) in [6, 6.07) is 6.53. The SMILES string of the molecule is CNC1CCC1.O=COC1CCC(c2cc(Nc3ccc4c(c3F)CSC4)n[nH]2)C1. The molecule has 2 atom stereocenters. The Labute approximate surface area is 180 Å². The maximum absolute atomic E-state index is 14.5. The number of aromatic nitrogens is 2. The Bertz CT molecular complexity index is 868. The Morgan fingerprint density at radius 3 is 2.83 bits per heavy atom. The Kier molecular flexibility index (Phi) is 6.94. The first-order chi connectivity index (χ1) is 14.7. The molecule has 3 aliphatic rings. The van der Waals surface area contributed by atoms with Gasteiger partial charge in [0.2, 0.25) is 0 Å². The Morgan fingerprint density at radius 2 is 2.13 bits per heavy atom. The van der Waals surface area contributed by atoms with Crippen molar-refractivity contribution in [2.75, 3.05) is 12.4 Å². The summed E-state index contributed by atoms with van der Waals surface area (Å²) in [7, 11) is 2.03. The van der Waals surface area contributed by atoms with Gasteiger partial charge < -0.3 is 15.4 Å². The molecule has 0 saturated heterocycles. The number of carbonyl (C=O) groups is 1. The van der Waals surface area contributed by atoms with Crippen LogP contribution in [0.1, 0.15) is 61.3 Å². The first-order valence-corrected chi connectivity index (χ1v) is 11.8. The van der Waals surface area contributed by atoms with Gasteiger partial charge in [0, 0.05) is 40.8 Å². The van der Waals surface area contributed by atoms with Gasteiger partial charge in [0.15, 0.2) is 11.6 Å². The normalized spacial score (nSPS) is 22.6. The molecule has 162 valence electrons. The minimum absolute atomic E-state index is 0.0149. The molecule has 1 aromatic carbocycles. The molecule has 2 saturated carbocycles. The molecule has 2 unspecified atom stereocenters. The molecule has 0 radical (unpaired) electrons. The first kappa shape index (κ1) is 21.2. The molecule has 30 heavy (non-hydrogen) atoms. The second-order valence-corrected chi connectivity index (χ2v) is 9.16. The van der Waals surface area contributed by atoms with Crippen LogP contribution in [-0.2, 0) is 21.0 Å². The van der Waals surface area contributed by atoms with E-state index in [0.29, 0.717) is 23.9 Å². The third-order valence-electron chi connectivity index (χ3n) is 6.29. The Morgan fingerprint density at radius 1 is 1.27 bits per heavy atom. The van der Waals surface area contributed by atoms with Gasteiger partial charge in [-0.1, -0.05) is 12.5 Å². The van der Waals surface area contributed by atoms with Crippen molar-refractivity contribution in [2.45, 2.75) is 68.1 Å². The lowest BCUT2D eigenvalue weighted by Gasteiger charge is -2.23. The van der Waals surface area contributed by atoms with E-state index in [1.807, 2.05) is 19.2 Å². The average molecular weight is 433 g/mol. The maximum Gasteiger partial charge on any atom is 0.293 e. The number of hydrogen-bond acceptors (Lipinski definition) is 6. The molecule has 2 heterocycles. The van der Waals surface area contributed by atoms with Gasteiger partial charge in [0.1, 0.15) is 6.10 Å². The Balaban J connectivity index is 0.000000313. The molecule has 8 heteroatoms. The molecule has 6 nitrogen and oxygen atoms in total. The van der Waals surface area contributed by atoms with Crippen molar-refractivity contribution < 1.29 is 13.9 Å². The van der Waals surface area contributed by atoms with E-state index in [9.17, 15) is 9.18 Å². The highest BCUT2D eigenvalue weighted by Crippen LogP contribution is 2.37. The van der Waals surface area contributed by atoms with Gasteiger partial charge >= 0.3 is 0 Å². The third kappa shape index (κ3) is 4.81. The molecule has 1 aromatic heterocycles. The van der Waals surface area contributed by atoms with Crippen LogP contribution in [0, 0.1) is 5.82 Å². The number of carbonyl (C=O) groups excluding carboxylic acids is 1. The van der Waals surface area contributed by atoms with Gasteiger partial charge in [0.25, 0.3) is 6.47 Å². The molecule has 0 spiro atoms. The molecule has 2 aromatic rings. The molecule has 1 aliphatic heterocycles. The molecule has 0 amide bonds. The Hall–Kier alpha value is -2.06. The summed E-state index contributed by atoms with van der Waals surface area (Å²) in [5.41, 5.74) is 3.33. The number of fused-ring (bicyclic) bond motifs is 1. The van der Waals surface area contributed by atoms with Crippen LogP contribution in [0.15, 0.2) is 18.2 Å². The third-order valence-corrected chi connectivity index (χ3v) is 7.30. The number of H-pyrrole nitrogens is 1. The predicted molar refractivity (Wildman–Crippen MR) is 117 cm³/mol. The largest absolute Gasteiger partial charge is 0.465 e. The quantitative estimate of drug-likeness (QED) is 0.579. The number of nitrogens with zero attached hydrogens (tertiary/aromatic N) is 1. The van der Waals surface area contributed by atoms with Gasteiger partial charge in [-0.25, -0.2) is 4.39 Å². The minimum Gasteiger partial charge on any atom is -0.465 e. The van der Waals surface area contributed by atoms with Crippen LogP contribution in [-0.4, -0.2) is 35.9 Å². The summed E-state index contributed by atoms with van der Waals surface area (Å²) in [4.78, 5) is 10.4. The van der Waals surface area contributed by atoms with E-state index >= 15 is 0 Å². The van der Waals surface area contributed by atoms with E-state index in [0.717, 1.165) is 53.6 Å².